The molecule has 2 saturated carbocycles. The van der Waals surface area contributed by atoms with Gasteiger partial charge in [0.05, 0.1) is 36.7 Å². The fraction of sp³-hybridized carbons (Fsp3) is 0.674. The van der Waals surface area contributed by atoms with Crippen molar-refractivity contribution in [3.8, 4) is 0 Å². The van der Waals surface area contributed by atoms with E-state index in [9.17, 15) is 24.0 Å². The van der Waals surface area contributed by atoms with E-state index in [1.165, 1.54) is 32.1 Å². The average molecular weight is 779 g/mol. The topological polar surface area (TPSA) is 168 Å². The number of hydrogen-bond acceptors (Lipinski definition) is 8. The molecular formula is C43H66N6O7. The van der Waals surface area contributed by atoms with E-state index >= 15 is 0 Å². The highest BCUT2D eigenvalue weighted by molar-refractivity contribution is 5.95. The van der Waals surface area contributed by atoms with Gasteiger partial charge >= 0.3 is 5.97 Å². The van der Waals surface area contributed by atoms with Crippen molar-refractivity contribution in [1.82, 2.24) is 24.5 Å². The van der Waals surface area contributed by atoms with Gasteiger partial charge in [-0.3, -0.25) is 28.7 Å². The van der Waals surface area contributed by atoms with Crippen LogP contribution < -0.4 is 5.73 Å². The molecule has 1 spiro atoms. The van der Waals surface area contributed by atoms with Crippen molar-refractivity contribution in [1.29, 1.82) is 0 Å². The van der Waals surface area contributed by atoms with Crippen LogP contribution >= 0.6 is 0 Å². The molecule has 7 rings (SSSR count). The number of piperidine rings is 1. The van der Waals surface area contributed by atoms with Crippen molar-refractivity contribution in [2.75, 3.05) is 52.5 Å². The zero-order valence-electron chi connectivity index (χ0n) is 34.0. The van der Waals surface area contributed by atoms with Crippen LogP contribution in [0.2, 0.25) is 0 Å². The molecule has 13 heteroatoms. The van der Waals surface area contributed by atoms with Crippen molar-refractivity contribution in [2.45, 2.75) is 98.4 Å². The highest BCUT2D eigenvalue weighted by Crippen LogP contribution is 2.54. The lowest BCUT2D eigenvalue weighted by molar-refractivity contribution is -0.151. The second kappa shape index (κ2) is 19.3. The number of esters is 1. The zero-order valence-corrected chi connectivity index (χ0v) is 34.0. The number of nitrogens with two attached hydrogens (primary N) is 1. The van der Waals surface area contributed by atoms with Gasteiger partial charge in [0.1, 0.15) is 0 Å². The molecule has 3 aliphatic heterocycles. The van der Waals surface area contributed by atoms with Crippen molar-refractivity contribution < 1.29 is 35.2 Å². The third-order valence-corrected chi connectivity index (χ3v) is 12.3. The number of aliphatic hydroxyl groups excluding tert-OH is 1. The van der Waals surface area contributed by atoms with E-state index in [4.69, 9.17) is 15.6 Å². The number of aromatic nitrogens is 2. The van der Waals surface area contributed by atoms with Gasteiger partial charge in [0, 0.05) is 71.3 Å². The third-order valence-electron chi connectivity index (χ3n) is 12.3. The maximum Gasteiger partial charge on any atom is 0.310 e. The summed E-state index contributed by atoms with van der Waals surface area (Å²) in [5.41, 5.74) is 6.94. The van der Waals surface area contributed by atoms with Gasteiger partial charge in [0.2, 0.25) is 17.7 Å². The molecule has 0 radical (unpaired) electrons. The number of likely N-dealkylation sites (tertiary alicyclic amines) is 3. The lowest BCUT2D eigenvalue weighted by atomic mass is 9.71. The molecule has 5 aliphatic rings. The van der Waals surface area contributed by atoms with Gasteiger partial charge in [-0.25, -0.2) is 0 Å². The molecule has 1 aromatic carbocycles. The Morgan fingerprint density at radius 1 is 0.911 bits per heavy atom. The first-order valence-corrected chi connectivity index (χ1v) is 20.8. The standard InChI is InChI=1S/C24H29N5O3.C12H21NO3.C7H14O.H2/c1-23(2)8-18(23)22(32)28-14-24(15-28)13-27(12-19(24)20(25)30)21(31)17-9-26-29(11-17)10-16-6-4-3-5-7-16;1-3-6-11(14)13-8-5-7-10(9-13)12(15)16-4-2;8-6-7-4-2-1-3-5-7;/h3-7,9,11,18-19H,8,10,12-15H2,1-2H3,(H2,25,30);10H,3-9H2,1-2H3;7-8H,1-6H2;1H/t18-,19+;10-;;/m10../s1. The summed E-state index contributed by atoms with van der Waals surface area (Å²) in [4.78, 5) is 66.7. The SMILES string of the molecule is CC1(C)C[C@@H]1C(=O)N1CC2(CN(C(=O)c3cnn(Cc4ccccc4)c3)C[C@H]2C(N)=O)C1.CCCC(=O)N1CCC[C@H](C(=O)OCC)C1.OCC1CCCCC1.[HH]. The number of ether oxygens (including phenoxy) is 1. The molecule has 0 unspecified atom stereocenters. The largest absolute Gasteiger partial charge is 0.466 e. The first kappa shape index (κ1) is 42.9. The Kier molecular flexibility index (Phi) is 14.7. The Morgan fingerprint density at radius 2 is 1.59 bits per heavy atom. The van der Waals surface area contributed by atoms with Crippen LogP contribution in [0, 0.1) is 34.5 Å². The van der Waals surface area contributed by atoms with Crippen molar-refractivity contribution >= 4 is 29.6 Å². The molecule has 3 saturated heterocycles. The molecule has 4 heterocycles. The number of carbonyl (C=O) groups excluding carboxylic acids is 5. The molecule has 1 aromatic heterocycles. The van der Waals surface area contributed by atoms with Gasteiger partial charge in [-0.2, -0.15) is 5.10 Å². The van der Waals surface area contributed by atoms with Gasteiger partial charge in [-0.1, -0.05) is 70.4 Å². The molecule has 0 bridgehead atoms. The minimum Gasteiger partial charge on any atom is -0.466 e. The molecular weight excluding hydrogens is 713 g/mol. The predicted molar refractivity (Wildman–Crippen MR) is 214 cm³/mol. The van der Waals surface area contributed by atoms with E-state index in [0.29, 0.717) is 63.8 Å². The Hall–Kier alpha value is -4.26. The quantitative estimate of drug-likeness (QED) is 0.326. The summed E-state index contributed by atoms with van der Waals surface area (Å²) in [6, 6.07) is 9.92. The van der Waals surface area contributed by atoms with E-state index in [1.54, 1.807) is 33.8 Å². The van der Waals surface area contributed by atoms with Gasteiger partial charge in [-0.15, -0.1) is 0 Å². The van der Waals surface area contributed by atoms with Crippen LogP contribution in [-0.4, -0.2) is 112 Å². The molecule has 2 aromatic rings. The highest BCUT2D eigenvalue weighted by Gasteiger charge is 2.61. The fourth-order valence-electron chi connectivity index (χ4n) is 8.73. The summed E-state index contributed by atoms with van der Waals surface area (Å²) >= 11 is 0. The van der Waals surface area contributed by atoms with Gasteiger partial charge < -0.3 is 30.3 Å². The summed E-state index contributed by atoms with van der Waals surface area (Å²) in [6.45, 7) is 12.4. The first-order valence-electron chi connectivity index (χ1n) is 20.8. The molecule has 2 aliphatic carbocycles. The molecule has 3 atom stereocenters. The van der Waals surface area contributed by atoms with Crippen LogP contribution in [0.1, 0.15) is 109 Å². The number of hydrogen-bond donors (Lipinski definition) is 2. The normalized spacial score (nSPS) is 23.5. The number of amides is 4. The van der Waals surface area contributed by atoms with Crippen LogP contribution in [0.15, 0.2) is 42.7 Å². The van der Waals surface area contributed by atoms with E-state index in [-0.39, 0.29) is 48.9 Å². The van der Waals surface area contributed by atoms with Crippen LogP contribution in [0.4, 0.5) is 0 Å². The molecule has 56 heavy (non-hydrogen) atoms. The molecule has 3 N–H and O–H groups in total. The van der Waals surface area contributed by atoms with Crippen molar-refractivity contribution in [2.24, 2.45) is 40.2 Å². The number of rotatable bonds is 10. The minimum atomic E-state index is -0.443. The maximum absolute atomic E-state index is 13.2. The minimum absolute atomic E-state index is 0. The first-order chi connectivity index (χ1) is 26.8. The predicted octanol–water partition coefficient (Wildman–Crippen LogP) is 4.76. The van der Waals surface area contributed by atoms with E-state index in [0.717, 1.165) is 37.8 Å². The molecule has 4 amide bonds. The summed E-state index contributed by atoms with van der Waals surface area (Å²) in [5.74, 6) is -0.231. The van der Waals surface area contributed by atoms with Crippen LogP contribution in [0.25, 0.3) is 0 Å². The zero-order chi connectivity index (χ0) is 40.5. The average Bonchev–Trinajstić information content (AvgIpc) is 3.47. The second-order valence-electron chi connectivity index (χ2n) is 17.2. The number of benzene rings is 1. The van der Waals surface area contributed by atoms with Crippen LogP contribution in [-0.2, 0) is 30.5 Å². The number of primary amides is 1. The number of aliphatic hydroxyl groups is 1. The Bertz CT molecular complexity index is 1630. The lowest BCUT2D eigenvalue weighted by Gasteiger charge is -2.50. The van der Waals surface area contributed by atoms with Crippen molar-refractivity contribution in [3.63, 3.8) is 0 Å². The van der Waals surface area contributed by atoms with Gasteiger partial charge in [-0.05, 0) is 62.3 Å². The van der Waals surface area contributed by atoms with E-state index in [1.807, 2.05) is 42.2 Å². The smallest absolute Gasteiger partial charge is 0.310 e. The molecule has 5 fully saturated rings. The highest BCUT2D eigenvalue weighted by atomic mass is 16.5. The Labute approximate surface area is 333 Å². The third kappa shape index (κ3) is 10.8. The van der Waals surface area contributed by atoms with Gasteiger partial charge in [0.25, 0.3) is 5.91 Å². The molecule has 310 valence electrons. The summed E-state index contributed by atoms with van der Waals surface area (Å²) < 4.78 is 6.73. The van der Waals surface area contributed by atoms with Gasteiger partial charge in [0.15, 0.2) is 0 Å². The van der Waals surface area contributed by atoms with E-state index in [2.05, 4.69) is 18.9 Å². The Balaban J connectivity index is 0.000000239. The van der Waals surface area contributed by atoms with Crippen LogP contribution in [0.5, 0.6) is 0 Å². The second-order valence-corrected chi connectivity index (χ2v) is 17.2. The van der Waals surface area contributed by atoms with Crippen molar-refractivity contribution in [3.05, 3.63) is 53.9 Å². The monoisotopic (exact) mass is 778 g/mol. The summed E-state index contributed by atoms with van der Waals surface area (Å²) in [5, 5.41) is 13.0. The number of carbonyl (C=O) groups is 5. The summed E-state index contributed by atoms with van der Waals surface area (Å²) in [6.07, 6.45) is 14.0. The lowest BCUT2D eigenvalue weighted by Crippen LogP contribution is -2.64. The fourth-order valence-corrected chi connectivity index (χ4v) is 8.73. The molecule has 13 nitrogen and oxygen atoms in total. The summed E-state index contributed by atoms with van der Waals surface area (Å²) in [7, 11) is 0. The maximum atomic E-state index is 13.2. The van der Waals surface area contributed by atoms with Crippen LogP contribution in [0.3, 0.4) is 0 Å². The number of nitrogens with zero attached hydrogens (tertiary/aromatic N) is 5. The Morgan fingerprint density at radius 3 is 2.18 bits per heavy atom. The van der Waals surface area contributed by atoms with E-state index < -0.39 is 17.2 Å².